The van der Waals surface area contributed by atoms with E-state index in [-0.39, 0.29) is 0 Å². The molecule has 0 atom stereocenters. The average molecular weight is 241 g/mol. The van der Waals surface area contributed by atoms with Gasteiger partial charge in [0.25, 0.3) is 0 Å². The summed E-state index contributed by atoms with van der Waals surface area (Å²) in [6.07, 6.45) is 0. The Labute approximate surface area is 108 Å². The predicted molar refractivity (Wildman–Crippen MR) is 75.8 cm³/mol. The molecule has 0 radical (unpaired) electrons. The van der Waals surface area contributed by atoms with Crippen molar-refractivity contribution in [3.8, 4) is 11.3 Å². The van der Waals surface area contributed by atoms with Gasteiger partial charge in [-0.15, -0.1) is 0 Å². The molecule has 94 valence electrons. The van der Waals surface area contributed by atoms with Crippen molar-refractivity contribution in [1.82, 2.24) is 9.97 Å². The number of aromatic nitrogens is 2. The van der Waals surface area contributed by atoms with Crippen molar-refractivity contribution in [3.05, 3.63) is 41.1 Å². The lowest BCUT2D eigenvalue weighted by atomic mass is 10.0. The first-order chi connectivity index (χ1) is 8.61. The number of rotatable bonds is 3. The first-order valence-corrected chi connectivity index (χ1v) is 6.28. The highest BCUT2D eigenvalue weighted by atomic mass is 15.1. The Morgan fingerprint density at radius 3 is 2.61 bits per heavy atom. The minimum Gasteiger partial charge on any atom is -0.354 e. The van der Waals surface area contributed by atoms with Gasteiger partial charge in [0.2, 0.25) is 5.95 Å². The molecule has 0 amide bonds. The molecular formula is C15H19N3. The molecule has 0 aliphatic rings. The van der Waals surface area contributed by atoms with Crippen molar-refractivity contribution in [2.45, 2.75) is 27.7 Å². The number of aryl methyl sites for hydroxylation is 2. The molecule has 0 saturated heterocycles. The van der Waals surface area contributed by atoms with E-state index in [0.717, 1.165) is 17.9 Å². The predicted octanol–water partition coefficient (Wildman–Crippen LogP) is 3.50. The van der Waals surface area contributed by atoms with E-state index in [1.807, 2.05) is 19.9 Å². The van der Waals surface area contributed by atoms with Gasteiger partial charge in [0, 0.05) is 17.8 Å². The van der Waals surface area contributed by atoms with Gasteiger partial charge in [-0.2, -0.15) is 0 Å². The first-order valence-electron chi connectivity index (χ1n) is 6.28. The third-order valence-corrected chi connectivity index (χ3v) is 3.07. The summed E-state index contributed by atoms with van der Waals surface area (Å²) >= 11 is 0. The van der Waals surface area contributed by atoms with Gasteiger partial charge in [-0.25, -0.2) is 9.97 Å². The summed E-state index contributed by atoms with van der Waals surface area (Å²) in [7, 11) is 0. The molecule has 2 aromatic rings. The number of anilines is 1. The average Bonchev–Trinajstić information content (AvgIpc) is 2.32. The van der Waals surface area contributed by atoms with Crippen LogP contribution in [0.1, 0.15) is 23.7 Å². The SMILES string of the molecule is CCNc1nc(C)cc(-c2cccc(C)c2C)n1. The second kappa shape index (κ2) is 5.17. The molecule has 0 fully saturated rings. The van der Waals surface area contributed by atoms with Crippen LogP contribution in [-0.2, 0) is 0 Å². The molecule has 0 spiro atoms. The van der Waals surface area contributed by atoms with Crippen molar-refractivity contribution in [2.24, 2.45) is 0 Å². The highest BCUT2D eigenvalue weighted by Crippen LogP contribution is 2.24. The Bertz CT molecular complexity index is 562. The standard InChI is InChI=1S/C15H19N3/c1-5-16-15-17-11(3)9-14(18-15)13-8-6-7-10(2)12(13)4/h6-9H,5H2,1-4H3,(H,16,17,18). The normalized spacial score (nSPS) is 10.4. The highest BCUT2D eigenvalue weighted by Gasteiger charge is 2.07. The number of benzene rings is 1. The molecule has 0 saturated carbocycles. The van der Waals surface area contributed by atoms with Gasteiger partial charge >= 0.3 is 0 Å². The first kappa shape index (κ1) is 12.6. The summed E-state index contributed by atoms with van der Waals surface area (Å²) < 4.78 is 0. The van der Waals surface area contributed by atoms with Crippen LogP contribution in [0.5, 0.6) is 0 Å². The number of nitrogens with one attached hydrogen (secondary N) is 1. The third kappa shape index (κ3) is 2.50. The largest absolute Gasteiger partial charge is 0.354 e. The summed E-state index contributed by atoms with van der Waals surface area (Å²) in [6.45, 7) is 9.13. The molecule has 18 heavy (non-hydrogen) atoms. The fourth-order valence-corrected chi connectivity index (χ4v) is 1.97. The maximum atomic E-state index is 4.57. The van der Waals surface area contributed by atoms with Crippen LogP contribution < -0.4 is 5.32 Å². The van der Waals surface area contributed by atoms with Crippen LogP contribution in [-0.4, -0.2) is 16.5 Å². The Kier molecular flexibility index (Phi) is 3.60. The molecule has 1 N–H and O–H groups in total. The van der Waals surface area contributed by atoms with E-state index < -0.39 is 0 Å². The highest BCUT2D eigenvalue weighted by molar-refractivity contribution is 5.66. The summed E-state index contributed by atoms with van der Waals surface area (Å²) in [5.41, 5.74) is 5.71. The molecular weight excluding hydrogens is 222 g/mol. The lowest BCUT2D eigenvalue weighted by molar-refractivity contribution is 1.05. The van der Waals surface area contributed by atoms with Gasteiger partial charge in [-0.1, -0.05) is 18.2 Å². The maximum Gasteiger partial charge on any atom is 0.223 e. The minimum atomic E-state index is 0.702. The molecule has 0 unspecified atom stereocenters. The molecule has 0 bridgehead atoms. The van der Waals surface area contributed by atoms with Crippen LogP contribution >= 0.6 is 0 Å². The van der Waals surface area contributed by atoms with Gasteiger partial charge < -0.3 is 5.32 Å². The van der Waals surface area contributed by atoms with E-state index in [4.69, 9.17) is 0 Å². The Morgan fingerprint density at radius 1 is 1.11 bits per heavy atom. The molecule has 3 heteroatoms. The monoisotopic (exact) mass is 241 g/mol. The summed E-state index contributed by atoms with van der Waals surface area (Å²) in [6, 6.07) is 8.34. The van der Waals surface area contributed by atoms with E-state index in [1.165, 1.54) is 16.7 Å². The maximum absolute atomic E-state index is 4.57. The third-order valence-electron chi connectivity index (χ3n) is 3.07. The Morgan fingerprint density at radius 2 is 1.89 bits per heavy atom. The molecule has 3 nitrogen and oxygen atoms in total. The minimum absolute atomic E-state index is 0.702. The van der Waals surface area contributed by atoms with Crippen molar-refractivity contribution < 1.29 is 0 Å². The van der Waals surface area contributed by atoms with Crippen molar-refractivity contribution in [1.29, 1.82) is 0 Å². The number of hydrogen-bond donors (Lipinski definition) is 1. The smallest absolute Gasteiger partial charge is 0.223 e. The summed E-state index contributed by atoms with van der Waals surface area (Å²) in [5, 5.41) is 3.17. The molecule has 1 heterocycles. The second-order valence-electron chi connectivity index (χ2n) is 4.50. The second-order valence-corrected chi connectivity index (χ2v) is 4.50. The lowest BCUT2D eigenvalue weighted by Gasteiger charge is -2.10. The molecule has 2 rings (SSSR count). The molecule has 0 aliphatic carbocycles. The van der Waals surface area contributed by atoms with Crippen molar-refractivity contribution in [2.75, 3.05) is 11.9 Å². The van der Waals surface area contributed by atoms with Gasteiger partial charge in [0.15, 0.2) is 0 Å². The topological polar surface area (TPSA) is 37.8 Å². The Balaban J connectivity index is 2.53. The van der Waals surface area contributed by atoms with Crippen molar-refractivity contribution in [3.63, 3.8) is 0 Å². The van der Waals surface area contributed by atoms with E-state index in [2.05, 4.69) is 47.3 Å². The Hall–Kier alpha value is -1.90. The van der Waals surface area contributed by atoms with Crippen molar-refractivity contribution >= 4 is 5.95 Å². The van der Waals surface area contributed by atoms with E-state index >= 15 is 0 Å². The van der Waals surface area contributed by atoms with Crippen LogP contribution in [0.2, 0.25) is 0 Å². The molecule has 0 aliphatic heterocycles. The van der Waals surface area contributed by atoms with Gasteiger partial charge in [0.05, 0.1) is 5.69 Å². The fraction of sp³-hybridized carbons (Fsp3) is 0.333. The van der Waals surface area contributed by atoms with Gasteiger partial charge in [0.1, 0.15) is 0 Å². The fourth-order valence-electron chi connectivity index (χ4n) is 1.97. The van der Waals surface area contributed by atoms with Crippen LogP contribution in [0, 0.1) is 20.8 Å². The molecule has 1 aromatic carbocycles. The van der Waals surface area contributed by atoms with Crippen LogP contribution in [0.25, 0.3) is 11.3 Å². The number of nitrogens with zero attached hydrogens (tertiary/aromatic N) is 2. The zero-order chi connectivity index (χ0) is 13.1. The zero-order valence-electron chi connectivity index (χ0n) is 11.4. The molecule has 1 aromatic heterocycles. The van der Waals surface area contributed by atoms with E-state index in [9.17, 15) is 0 Å². The van der Waals surface area contributed by atoms with E-state index in [0.29, 0.717) is 5.95 Å². The van der Waals surface area contributed by atoms with Crippen LogP contribution in [0.4, 0.5) is 5.95 Å². The number of hydrogen-bond acceptors (Lipinski definition) is 3. The quantitative estimate of drug-likeness (QED) is 0.893. The van der Waals surface area contributed by atoms with Crippen LogP contribution in [0.3, 0.4) is 0 Å². The van der Waals surface area contributed by atoms with Crippen LogP contribution in [0.15, 0.2) is 24.3 Å². The summed E-state index contributed by atoms with van der Waals surface area (Å²) in [4.78, 5) is 8.95. The zero-order valence-corrected chi connectivity index (χ0v) is 11.4. The van der Waals surface area contributed by atoms with E-state index in [1.54, 1.807) is 0 Å². The van der Waals surface area contributed by atoms with Gasteiger partial charge in [-0.3, -0.25) is 0 Å². The van der Waals surface area contributed by atoms with Gasteiger partial charge in [-0.05, 0) is 44.9 Å². The summed E-state index contributed by atoms with van der Waals surface area (Å²) in [5.74, 6) is 0.702. The lowest BCUT2D eigenvalue weighted by Crippen LogP contribution is -2.04.